The van der Waals surface area contributed by atoms with E-state index in [0.717, 1.165) is 5.56 Å². The van der Waals surface area contributed by atoms with Crippen molar-refractivity contribution in [3.63, 3.8) is 0 Å². The van der Waals surface area contributed by atoms with E-state index in [0.29, 0.717) is 55.3 Å². The largest absolute Gasteiger partial charge is 0.497 e. The second-order valence-corrected chi connectivity index (χ2v) is 9.32. The average molecular weight is 466 g/mol. The Morgan fingerprint density at radius 3 is 2.29 bits per heavy atom. The van der Waals surface area contributed by atoms with Gasteiger partial charge >= 0.3 is 0 Å². The molecule has 34 heavy (non-hydrogen) atoms. The summed E-state index contributed by atoms with van der Waals surface area (Å²) in [7, 11) is 1.57. The summed E-state index contributed by atoms with van der Waals surface area (Å²) < 4.78 is 5.16. The van der Waals surface area contributed by atoms with Crippen LogP contribution in [0.25, 0.3) is 0 Å². The number of nitrogens with one attached hydrogen (secondary N) is 2. The molecule has 0 saturated carbocycles. The number of nitrogens with zero attached hydrogens (tertiary/aromatic N) is 1. The zero-order valence-electron chi connectivity index (χ0n) is 20.5. The molecular weight excluding hydrogens is 430 g/mol. The molecule has 0 unspecified atom stereocenters. The molecule has 2 N–H and O–H groups in total. The van der Waals surface area contributed by atoms with Crippen LogP contribution in [0.5, 0.6) is 5.75 Å². The van der Waals surface area contributed by atoms with Gasteiger partial charge in [0, 0.05) is 30.8 Å². The number of hydrogen-bond donors (Lipinski definition) is 2. The third-order valence-electron chi connectivity index (χ3n) is 6.17. The van der Waals surface area contributed by atoms with E-state index in [1.54, 1.807) is 31.4 Å². The van der Waals surface area contributed by atoms with Crippen LogP contribution < -0.4 is 15.4 Å². The first-order valence-corrected chi connectivity index (χ1v) is 11.9. The number of piperidine rings is 1. The molecule has 1 heterocycles. The quantitative estimate of drug-likeness (QED) is 0.625. The third kappa shape index (κ3) is 6.59. The zero-order valence-corrected chi connectivity index (χ0v) is 20.5. The van der Waals surface area contributed by atoms with Gasteiger partial charge in [0.1, 0.15) is 11.8 Å². The van der Waals surface area contributed by atoms with Crippen LogP contribution in [0, 0.1) is 18.8 Å². The second-order valence-electron chi connectivity index (χ2n) is 9.32. The summed E-state index contributed by atoms with van der Waals surface area (Å²) in [6, 6.07) is 13.7. The van der Waals surface area contributed by atoms with Gasteiger partial charge < -0.3 is 20.3 Å². The van der Waals surface area contributed by atoms with E-state index in [1.165, 1.54) is 0 Å². The Morgan fingerprint density at radius 1 is 1.03 bits per heavy atom. The van der Waals surface area contributed by atoms with Crippen molar-refractivity contribution in [2.45, 2.75) is 39.7 Å². The molecule has 0 aliphatic carbocycles. The molecule has 7 heteroatoms. The minimum atomic E-state index is -0.662. The normalized spacial score (nSPS) is 15.0. The lowest BCUT2D eigenvalue weighted by atomic mass is 9.88. The molecule has 3 rings (SSSR count). The Bertz CT molecular complexity index is 995. The Labute approximate surface area is 201 Å². The van der Waals surface area contributed by atoms with Crippen molar-refractivity contribution >= 4 is 17.7 Å². The predicted molar refractivity (Wildman–Crippen MR) is 132 cm³/mol. The van der Waals surface area contributed by atoms with Crippen molar-refractivity contribution in [3.8, 4) is 5.75 Å². The SMILES string of the molecule is COc1ccc(C(=O)N[C@@H](C(=O)NCC(C)C)C2CCN(C(=O)c3cccc(C)c3)CC2)cc1. The Balaban J connectivity index is 1.68. The number of amides is 3. The highest BCUT2D eigenvalue weighted by Crippen LogP contribution is 2.23. The molecule has 0 spiro atoms. The number of carbonyl (C=O) groups is 3. The Morgan fingerprint density at radius 2 is 1.71 bits per heavy atom. The van der Waals surface area contributed by atoms with Crippen LogP contribution >= 0.6 is 0 Å². The van der Waals surface area contributed by atoms with Gasteiger partial charge in [-0.05, 0) is 68.0 Å². The van der Waals surface area contributed by atoms with Crippen LogP contribution in [0.3, 0.4) is 0 Å². The molecule has 0 bridgehead atoms. The summed E-state index contributed by atoms with van der Waals surface area (Å²) in [6.07, 6.45) is 1.28. The van der Waals surface area contributed by atoms with Gasteiger partial charge in [0.25, 0.3) is 11.8 Å². The first-order valence-electron chi connectivity index (χ1n) is 11.9. The number of hydrogen-bond acceptors (Lipinski definition) is 4. The maximum atomic E-state index is 13.1. The lowest BCUT2D eigenvalue weighted by molar-refractivity contribution is -0.124. The summed E-state index contributed by atoms with van der Waals surface area (Å²) in [5.74, 6) is 0.426. The number of benzene rings is 2. The minimum absolute atomic E-state index is 0.00484. The molecule has 2 aromatic rings. The first kappa shape index (κ1) is 25.3. The highest BCUT2D eigenvalue weighted by Gasteiger charge is 2.34. The molecule has 0 aromatic heterocycles. The number of ether oxygens (including phenoxy) is 1. The fraction of sp³-hybridized carbons (Fsp3) is 0.444. The van der Waals surface area contributed by atoms with Crippen molar-refractivity contribution in [1.82, 2.24) is 15.5 Å². The van der Waals surface area contributed by atoms with Gasteiger partial charge in [0.15, 0.2) is 0 Å². The topological polar surface area (TPSA) is 87.7 Å². The van der Waals surface area contributed by atoms with E-state index < -0.39 is 6.04 Å². The number of aryl methyl sites for hydroxylation is 1. The van der Waals surface area contributed by atoms with Crippen molar-refractivity contribution < 1.29 is 19.1 Å². The van der Waals surface area contributed by atoms with Crippen molar-refractivity contribution in [2.75, 3.05) is 26.7 Å². The summed E-state index contributed by atoms with van der Waals surface area (Å²) in [5, 5.41) is 5.92. The van der Waals surface area contributed by atoms with E-state index in [4.69, 9.17) is 4.74 Å². The van der Waals surface area contributed by atoms with Gasteiger partial charge in [0.05, 0.1) is 7.11 Å². The maximum absolute atomic E-state index is 13.1. The monoisotopic (exact) mass is 465 g/mol. The molecule has 1 fully saturated rings. The van der Waals surface area contributed by atoms with Crippen LogP contribution in [-0.2, 0) is 4.79 Å². The Hall–Kier alpha value is -3.35. The molecule has 1 aliphatic heterocycles. The molecule has 1 atom stereocenters. The average Bonchev–Trinajstić information content (AvgIpc) is 2.85. The van der Waals surface area contributed by atoms with Gasteiger partial charge in [-0.1, -0.05) is 31.5 Å². The van der Waals surface area contributed by atoms with Gasteiger partial charge in [-0.2, -0.15) is 0 Å². The number of methoxy groups -OCH3 is 1. The molecule has 1 saturated heterocycles. The van der Waals surface area contributed by atoms with E-state index in [1.807, 2.05) is 49.9 Å². The number of likely N-dealkylation sites (tertiary alicyclic amines) is 1. The molecule has 3 amide bonds. The zero-order chi connectivity index (χ0) is 24.7. The van der Waals surface area contributed by atoms with Crippen LogP contribution in [0.4, 0.5) is 0 Å². The minimum Gasteiger partial charge on any atom is -0.497 e. The van der Waals surface area contributed by atoms with Crippen molar-refractivity contribution in [3.05, 3.63) is 65.2 Å². The van der Waals surface area contributed by atoms with Crippen LogP contribution in [-0.4, -0.2) is 55.4 Å². The standard InChI is InChI=1S/C27H35N3O4/c1-18(2)17-28-26(32)24(29-25(31)21-8-10-23(34-4)11-9-21)20-12-14-30(15-13-20)27(33)22-7-5-6-19(3)16-22/h5-11,16,18,20,24H,12-15,17H2,1-4H3,(H,28,32)(H,29,31)/t24-/m1/s1. The lowest BCUT2D eigenvalue weighted by Gasteiger charge is -2.36. The van der Waals surface area contributed by atoms with Crippen LogP contribution in [0.15, 0.2) is 48.5 Å². The Kier molecular flexibility index (Phi) is 8.68. The van der Waals surface area contributed by atoms with Gasteiger partial charge in [0.2, 0.25) is 5.91 Å². The van der Waals surface area contributed by atoms with Crippen molar-refractivity contribution in [2.24, 2.45) is 11.8 Å². The molecular formula is C27H35N3O4. The lowest BCUT2D eigenvalue weighted by Crippen LogP contribution is -2.54. The highest BCUT2D eigenvalue weighted by atomic mass is 16.5. The van der Waals surface area contributed by atoms with E-state index in [2.05, 4.69) is 10.6 Å². The van der Waals surface area contributed by atoms with E-state index in [-0.39, 0.29) is 23.6 Å². The van der Waals surface area contributed by atoms with Gasteiger partial charge in [-0.3, -0.25) is 14.4 Å². The molecule has 0 radical (unpaired) electrons. The molecule has 182 valence electrons. The maximum Gasteiger partial charge on any atom is 0.253 e. The summed E-state index contributed by atoms with van der Waals surface area (Å²) >= 11 is 0. The molecule has 2 aromatic carbocycles. The summed E-state index contributed by atoms with van der Waals surface area (Å²) in [6.45, 7) is 7.65. The second kappa shape index (κ2) is 11.7. The van der Waals surface area contributed by atoms with E-state index in [9.17, 15) is 14.4 Å². The van der Waals surface area contributed by atoms with Crippen molar-refractivity contribution in [1.29, 1.82) is 0 Å². The smallest absolute Gasteiger partial charge is 0.253 e. The summed E-state index contributed by atoms with van der Waals surface area (Å²) in [5.41, 5.74) is 2.19. The van der Waals surface area contributed by atoms with E-state index >= 15 is 0 Å². The van der Waals surface area contributed by atoms with Gasteiger partial charge in [-0.15, -0.1) is 0 Å². The fourth-order valence-corrected chi connectivity index (χ4v) is 4.18. The summed E-state index contributed by atoms with van der Waals surface area (Å²) in [4.78, 5) is 40.7. The fourth-order valence-electron chi connectivity index (χ4n) is 4.18. The van der Waals surface area contributed by atoms with Crippen LogP contribution in [0.2, 0.25) is 0 Å². The predicted octanol–water partition coefficient (Wildman–Crippen LogP) is 3.43. The number of carbonyl (C=O) groups excluding carboxylic acids is 3. The molecule has 1 aliphatic rings. The highest BCUT2D eigenvalue weighted by molar-refractivity contribution is 5.98. The van der Waals surface area contributed by atoms with Gasteiger partial charge in [-0.25, -0.2) is 0 Å². The number of rotatable bonds is 8. The molecule has 7 nitrogen and oxygen atoms in total. The first-order chi connectivity index (χ1) is 16.3. The third-order valence-corrected chi connectivity index (χ3v) is 6.17. The van der Waals surface area contributed by atoms with Crippen LogP contribution in [0.1, 0.15) is 53.0 Å².